The molecule has 0 atom stereocenters. The topological polar surface area (TPSA) is 53.9 Å². The lowest BCUT2D eigenvalue weighted by Gasteiger charge is -2.35. The van der Waals surface area contributed by atoms with Gasteiger partial charge in [0.1, 0.15) is 0 Å². The Kier molecular flexibility index (Phi) is 2.08. The number of rotatable bonds is 1. The number of pyridine rings is 1. The molecule has 1 fully saturated rings. The zero-order valence-electron chi connectivity index (χ0n) is 10.6. The number of H-pyrrole nitrogens is 1. The van der Waals surface area contributed by atoms with Crippen LogP contribution in [0.1, 0.15) is 6.04 Å². The number of hydrogen-bond acceptors (Lipinski definition) is 3. The van der Waals surface area contributed by atoms with Crippen LogP contribution in [0.5, 0.6) is 0 Å². The van der Waals surface area contributed by atoms with E-state index in [1.807, 2.05) is 35.1 Å². The summed E-state index contributed by atoms with van der Waals surface area (Å²) in [6.45, 7) is 2.02. The van der Waals surface area contributed by atoms with Crippen LogP contribution in [0.4, 0.5) is 0 Å². The first-order valence-electron chi connectivity index (χ1n) is 6.41. The molecule has 19 heavy (non-hydrogen) atoms. The summed E-state index contributed by atoms with van der Waals surface area (Å²) in [5.74, 6) is 0. The Morgan fingerprint density at radius 1 is 1.21 bits per heavy atom. The summed E-state index contributed by atoms with van der Waals surface area (Å²) in [4.78, 5) is 17.1. The summed E-state index contributed by atoms with van der Waals surface area (Å²) < 4.78 is 1.98. The predicted molar refractivity (Wildman–Crippen MR) is 74.4 cm³/mol. The smallest absolute Gasteiger partial charge is 0.257 e. The summed E-state index contributed by atoms with van der Waals surface area (Å²) in [6, 6.07) is 8.08. The molecule has 0 bridgehead atoms. The number of aromatic amines is 1. The number of fused-ring (bicyclic) bond motifs is 3. The quantitative estimate of drug-likeness (QED) is 0.713. The highest BCUT2D eigenvalue weighted by molar-refractivity contribution is 6.03. The van der Waals surface area contributed by atoms with Crippen LogP contribution in [0.25, 0.3) is 21.8 Å². The van der Waals surface area contributed by atoms with Crippen molar-refractivity contribution in [3.63, 3.8) is 0 Å². The lowest BCUT2D eigenvalue weighted by atomic mass is 10.1. The van der Waals surface area contributed by atoms with Gasteiger partial charge >= 0.3 is 0 Å². The molecular formula is C14H14N4O. The zero-order chi connectivity index (χ0) is 13.0. The van der Waals surface area contributed by atoms with Gasteiger partial charge in [-0.05, 0) is 18.5 Å². The second kappa shape index (κ2) is 3.68. The van der Waals surface area contributed by atoms with Crippen molar-refractivity contribution in [3.05, 3.63) is 40.8 Å². The van der Waals surface area contributed by atoms with Gasteiger partial charge in [-0.2, -0.15) is 5.10 Å². The van der Waals surface area contributed by atoms with Gasteiger partial charge in [0.2, 0.25) is 0 Å². The minimum atomic E-state index is -0.0703. The lowest BCUT2D eigenvalue weighted by molar-refractivity contribution is 0.131. The molecule has 3 heterocycles. The van der Waals surface area contributed by atoms with Gasteiger partial charge in [0.05, 0.1) is 6.04 Å². The van der Waals surface area contributed by atoms with Crippen LogP contribution in [0, 0.1) is 0 Å². The van der Waals surface area contributed by atoms with E-state index in [0.29, 0.717) is 11.7 Å². The number of likely N-dealkylation sites (tertiary alicyclic amines) is 1. The second-order valence-corrected chi connectivity index (χ2v) is 5.25. The highest BCUT2D eigenvalue weighted by Crippen LogP contribution is 2.24. The molecule has 5 nitrogen and oxygen atoms in total. The summed E-state index contributed by atoms with van der Waals surface area (Å²) in [7, 11) is 2.09. The van der Waals surface area contributed by atoms with Crippen molar-refractivity contribution in [1.82, 2.24) is 19.7 Å². The molecule has 0 aliphatic carbocycles. The van der Waals surface area contributed by atoms with Crippen molar-refractivity contribution >= 4 is 21.8 Å². The fraction of sp³-hybridized carbons (Fsp3) is 0.286. The van der Waals surface area contributed by atoms with E-state index in [0.717, 1.165) is 29.2 Å². The number of nitrogens with zero attached hydrogens (tertiary/aromatic N) is 3. The molecule has 0 unspecified atom stereocenters. The van der Waals surface area contributed by atoms with Crippen molar-refractivity contribution in [2.24, 2.45) is 0 Å². The second-order valence-electron chi connectivity index (χ2n) is 5.25. The van der Waals surface area contributed by atoms with Crippen molar-refractivity contribution in [1.29, 1.82) is 0 Å². The van der Waals surface area contributed by atoms with Crippen LogP contribution in [0.3, 0.4) is 0 Å². The molecule has 5 heteroatoms. The molecule has 1 N–H and O–H groups in total. The van der Waals surface area contributed by atoms with Crippen LogP contribution in [-0.4, -0.2) is 39.8 Å². The van der Waals surface area contributed by atoms with Crippen LogP contribution in [0.15, 0.2) is 35.3 Å². The van der Waals surface area contributed by atoms with Crippen LogP contribution < -0.4 is 5.56 Å². The number of benzene rings is 1. The van der Waals surface area contributed by atoms with Gasteiger partial charge in [0.15, 0.2) is 5.65 Å². The molecule has 0 spiro atoms. The van der Waals surface area contributed by atoms with Gasteiger partial charge in [-0.15, -0.1) is 0 Å². The standard InChI is InChI=1S/C14H14N4O/c1-17-6-9(7-17)18-8-12-10-4-2-3-5-11(10)14(19)15-13(12)16-18/h2-5,8-9H,6-7H2,1H3,(H,15,16,19). The van der Waals surface area contributed by atoms with E-state index < -0.39 is 0 Å². The fourth-order valence-corrected chi connectivity index (χ4v) is 2.79. The Labute approximate surface area is 109 Å². The molecule has 0 saturated carbocycles. The molecule has 1 aliphatic rings. The average Bonchev–Trinajstić information content (AvgIpc) is 2.79. The number of nitrogens with one attached hydrogen (secondary N) is 1. The Morgan fingerprint density at radius 3 is 2.68 bits per heavy atom. The molecule has 1 aliphatic heterocycles. The third-order valence-corrected chi connectivity index (χ3v) is 3.84. The molecule has 1 aromatic carbocycles. The summed E-state index contributed by atoms with van der Waals surface area (Å²) >= 11 is 0. The minimum absolute atomic E-state index is 0.0703. The van der Waals surface area contributed by atoms with Gasteiger partial charge in [0, 0.05) is 30.1 Å². The molecule has 4 rings (SSSR count). The summed E-state index contributed by atoms with van der Waals surface area (Å²) in [5, 5.41) is 7.23. The van der Waals surface area contributed by atoms with Gasteiger partial charge in [-0.25, -0.2) is 0 Å². The average molecular weight is 254 g/mol. The SMILES string of the molecule is CN1CC(n2cc3c(n2)[nH]c(=O)c2ccccc23)C1. The molecule has 3 aromatic rings. The number of aromatic nitrogens is 3. The minimum Gasteiger partial charge on any atom is -0.305 e. The Balaban J connectivity index is 1.98. The summed E-state index contributed by atoms with van der Waals surface area (Å²) in [6.07, 6.45) is 2.05. The fourth-order valence-electron chi connectivity index (χ4n) is 2.79. The molecule has 0 amide bonds. The van der Waals surface area contributed by atoms with E-state index >= 15 is 0 Å². The summed E-state index contributed by atoms with van der Waals surface area (Å²) in [5.41, 5.74) is 0.609. The normalized spacial score (nSPS) is 17.1. The zero-order valence-corrected chi connectivity index (χ0v) is 10.6. The van der Waals surface area contributed by atoms with Crippen LogP contribution >= 0.6 is 0 Å². The maximum atomic E-state index is 12.0. The number of likely N-dealkylation sites (N-methyl/N-ethyl adjacent to an activating group) is 1. The van der Waals surface area contributed by atoms with E-state index in [4.69, 9.17) is 0 Å². The third kappa shape index (κ3) is 1.51. The van der Waals surface area contributed by atoms with E-state index in [2.05, 4.69) is 22.0 Å². The lowest BCUT2D eigenvalue weighted by Crippen LogP contribution is -2.45. The van der Waals surface area contributed by atoms with Gasteiger partial charge in [-0.3, -0.25) is 9.48 Å². The highest BCUT2D eigenvalue weighted by atomic mass is 16.1. The molecule has 2 aromatic heterocycles. The van der Waals surface area contributed by atoms with E-state index in [1.54, 1.807) is 0 Å². The van der Waals surface area contributed by atoms with Crippen LogP contribution in [0.2, 0.25) is 0 Å². The van der Waals surface area contributed by atoms with Gasteiger partial charge in [0.25, 0.3) is 5.56 Å². The molecule has 0 radical (unpaired) electrons. The maximum absolute atomic E-state index is 12.0. The first-order chi connectivity index (χ1) is 9.22. The largest absolute Gasteiger partial charge is 0.305 e. The first-order valence-corrected chi connectivity index (χ1v) is 6.41. The van der Waals surface area contributed by atoms with Gasteiger partial charge < -0.3 is 9.88 Å². The van der Waals surface area contributed by atoms with Crippen molar-refractivity contribution < 1.29 is 0 Å². The number of hydrogen-bond donors (Lipinski definition) is 1. The Morgan fingerprint density at radius 2 is 1.95 bits per heavy atom. The third-order valence-electron chi connectivity index (χ3n) is 3.84. The van der Waals surface area contributed by atoms with E-state index in [1.165, 1.54) is 0 Å². The molecule has 1 saturated heterocycles. The van der Waals surface area contributed by atoms with Crippen molar-refractivity contribution in [2.45, 2.75) is 6.04 Å². The van der Waals surface area contributed by atoms with E-state index in [9.17, 15) is 4.79 Å². The monoisotopic (exact) mass is 254 g/mol. The van der Waals surface area contributed by atoms with Crippen molar-refractivity contribution in [3.8, 4) is 0 Å². The maximum Gasteiger partial charge on any atom is 0.257 e. The molecule has 96 valence electrons. The Hall–Kier alpha value is -2.14. The Bertz CT molecular complexity index is 826. The highest BCUT2D eigenvalue weighted by Gasteiger charge is 2.26. The van der Waals surface area contributed by atoms with Gasteiger partial charge in [-0.1, -0.05) is 18.2 Å². The predicted octanol–water partition coefficient (Wildman–Crippen LogP) is 1.36. The van der Waals surface area contributed by atoms with E-state index in [-0.39, 0.29) is 5.56 Å². The van der Waals surface area contributed by atoms with Crippen molar-refractivity contribution in [2.75, 3.05) is 20.1 Å². The molecular weight excluding hydrogens is 240 g/mol. The van der Waals surface area contributed by atoms with Crippen LogP contribution in [-0.2, 0) is 0 Å². The first kappa shape index (κ1) is 10.8.